The number of anilines is 2. The van der Waals surface area contributed by atoms with Crippen molar-refractivity contribution < 1.29 is 14.3 Å². The van der Waals surface area contributed by atoms with E-state index in [1.54, 1.807) is 20.8 Å². The fourth-order valence-corrected chi connectivity index (χ4v) is 1.08. The zero-order valence-electron chi connectivity index (χ0n) is 10.8. The summed E-state index contributed by atoms with van der Waals surface area (Å²) in [5.74, 6) is 0.309. The van der Waals surface area contributed by atoms with E-state index in [0.29, 0.717) is 5.82 Å². The highest BCUT2D eigenvalue weighted by Gasteiger charge is 2.16. The molecule has 7 heteroatoms. The molecule has 2 amide bonds. The van der Waals surface area contributed by atoms with Crippen LogP contribution in [0.3, 0.4) is 0 Å². The van der Waals surface area contributed by atoms with Gasteiger partial charge in [0.25, 0.3) is 0 Å². The molecule has 1 heterocycles. The third kappa shape index (κ3) is 5.24. The van der Waals surface area contributed by atoms with Gasteiger partial charge in [0.1, 0.15) is 23.6 Å². The number of ether oxygens (including phenoxy) is 1. The van der Waals surface area contributed by atoms with Gasteiger partial charge in [-0.1, -0.05) is 0 Å². The number of rotatable bonds is 2. The van der Waals surface area contributed by atoms with Gasteiger partial charge >= 0.3 is 6.09 Å². The molecule has 1 aromatic heterocycles. The second-order valence-electron chi connectivity index (χ2n) is 4.60. The zero-order chi connectivity index (χ0) is 13.8. The summed E-state index contributed by atoms with van der Waals surface area (Å²) in [5.41, 5.74) is -0.586. The van der Waals surface area contributed by atoms with Crippen LogP contribution in [0.4, 0.5) is 16.4 Å². The SMILES string of the molecule is CC(=O)Nc1cc(NC(=O)OC(C)(C)C)ncn1. The van der Waals surface area contributed by atoms with Crippen LogP contribution in [-0.4, -0.2) is 27.6 Å². The number of hydrogen-bond acceptors (Lipinski definition) is 5. The fraction of sp³-hybridized carbons (Fsp3) is 0.455. The molecule has 0 saturated carbocycles. The Balaban J connectivity index is 2.67. The molecule has 2 N–H and O–H groups in total. The Hall–Kier alpha value is -2.18. The number of carbonyl (C=O) groups excluding carboxylic acids is 2. The van der Waals surface area contributed by atoms with E-state index in [2.05, 4.69) is 20.6 Å². The predicted octanol–water partition coefficient (Wildman–Crippen LogP) is 1.78. The number of carbonyl (C=O) groups is 2. The van der Waals surface area contributed by atoms with Crippen molar-refractivity contribution in [3.05, 3.63) is 12.4 Å². The molecule has 18 heavy (non-hydrogen) atoms. The molecule has 0 radical (unpaired) electrons. The van der Waals surface area contributed by atoms with Crippen molar-refractivity contribution in [2.75, 3.05) is 10.6 Å². The van der Waals surface area contributed by atoms with Crippen molar-refractivity contribution >= 4 is 23.6 Å². The molecule has 1 rings (SSSR count). The number of nitrogens with zero attached hydrogens (tertiary/aromatic N) is 2. The highest BCUT2D eigenvalue weighted by Crippen LogP contribution is 2.12. The monoisotopic (exact) mass is 252 g/mol. The van der Waals surface area contributed by atoms with Crippen LogP contribution in [0.25, 0.3) is 0 Å². The summed E-state index contributed by atoms with van der Waals surface area (Å²) in [5, 5.41) is 4.93. The van der Waals surface area contributed by atoms with Gasteiger partial charge in [0, 0.05) is 13.0 Å². The summed E-state index contributed by atoms with van der Waals surface area (Å²) >= 11 is 0. The standard InChI is InChI=1S/C11H16N4O3/c1-7(16)14-8-5-9(13-6-12-8)15-10(17)18-11(2,3)4/h5-6H,1-4H3,(H2,12,13,14,15,16,17). The van der Waals surface area contributed by atoms with Crippen LogP contribution in [-0.2, 0) is 9.53 Å². The first kappa shape index (κ1) is 13.9. The number of aromatic nitrogens is 2. The molecular weight excluding hydrogens is 236 g/mol. The smallest absolute Gasteiger partial charge is 0.413 e. The lowest BCUT2D eigenvalue weighted by Gasteiger charge is -2.19. The van der Waals surface area contributed by atoms with Gasteiger partial charge in [0.2, 0.25) is 5.91 Å². The van der Waals surface area contributed by atoms with Crippen molar-refractivity contribution in [2.24, 2.45) is 0 Å². The predicted molar refractivity (Wildman–Crippen MR) is 66.2 cm³/mol. The molecule has 1 aromatic rings. The van der Waals surface area contributed by atoms with Crippen LogP contribution in [0.2, 0.25) is 0 Å². The molecule has 0 atom stereocenters. The second-order valence-corrected chi connectivity index (χ2v) is 4.60. The van der Waals surface area contributed by atoms with Gasteiger partial charge in [-0.25, -0.2) is 14.8 Å². The molecule has 0 bridgehead atoms. The maximum absolute atomic E-state index is 11.5. The lowest BCUT2D eigenvalue weighted by Crippen LogP contribution is -2.27. The van der Waals surface area contributed by atoms with Gasteiger partial charge in [-0.2, -0.15) is 0 Å². The molecule has 0 aliphatic carbocycles. The van der Waals surface area contributed by atoms with Crippen molar-refractivity contribution in [3.8, 4) is 0 Å². The zero-order valence-corrected chi connectivity index (χ0v) is 10.8. The highest BCUT2D eigenvalue weighted by atomic mass is 16.6. The van der Waals surface area contributed by atoms with Gasteiger partial charge in [-0.05, 0) is 20.8 Å². The second kappa shape index (κ2) is 5.44. The van der Waals surface area contributed by atoms with Crippen molar-refractivity contribution in [2.45, 2.75) is 33.3 Å². The van der Waals surface area contributed by atoms with E-state index in [1.165, 1.54) is 19.3 Å². The average Bonchev–Trinajstić information content (AvgIpc) is 2.13. The summed E-state index contributed by atoms with van der Waals surface area (Å²) < 4.78 is 5.06. The number of nitrogens with one attached hydrogen (secondary N) is 2. The Bertz CT molecular complexity index is 454. The summed E-state index contributed by atoms with van der Waals surface area (Å²) in [6.45, 7) is 6.64. The van der Waals surface area contributed by atoms with E-state index in [4.69, 9.17) is 4.74 Å². The van der Waals surface area contributed by atoms with Gasteiger partial charge in [0.05, 0.1) is 0 Å². The summed E-state index contributed by atoms with van der Waals surface area (Å²) in [6, 6.07) is 1.44. The first-order valence-corrected chi connectivity index (χ1v) is 5.36. The van der Waals surface area contributed by atoms with E-state index in [0.717, 1.165) is 0 Å². The van der Waals surface area contributed by atoms with Crippen LogP contribution in [0.1, 0.15) is 27.7 Å². The minimum Gasteiger partial charge on any atom is -0.444 e. The Morgan fingerprint density at radius 1 is 1.17 bits per heavy atom. The van der Waals surface area contributed by atoms with Gasteiger partial charge in [0.15, 0.2) is 0 Å². The van der Waals surface area contributed by atoms with E-state index in [1.807, 2.05) is 0 Å². The van der Waals surface area contributed by atoms with Crippen molar-refractivity contribution in [3.63, 3.8) is 0 Å². The molecule has 0 unspecified atom stereocenters. The van der Waals surface area contributed by atoms with E-state index in [9.17, 15) is 9.59 Å². The first-order valence-electron chi connectivity index (χ1n) is 5.36. The van der Waals surface area contributed by atoms with E-state index >= 15 is 0 Å². The topological polar surface area (TPSA) is 93.2 Å². The van der Waals surface area contributed by atoms with Crippen molar-refractivity contribution in [1.82, 2.24) is 9.97 Å². The molecular formula is C11H16N4O3. The number of hydrogen-bond donors (Lipinski definition) is 2. The lowest BCUT2D eigenvalue weighted by atomic mass is 10.2. The van der Waals surface area contributed by atoms with Crippen LogP contribution in [0.5, 0.6) is 0 Å². The van der Waals surface area contributed by atoms with Gasteiger partial charge < -0.3 is 10.1 Å². The number of amides is 2. The molecule has 0 aromatic carbocycles. The Labute approximate surface area is 105 Å². The first-order chi connectivity index (χ1) is 8.26. The fourth-order valence-electron chi connectivity index (χ4n) is 1.08. The van der Waals surface area contributed by atoms with Gasteiger partial charge in [-0.15, -0.1) is 0 Å². The third-order valence-corrected chi connectivity index (χ3v) is 1.60. The van der Waals surface area contributed by atoms with Crippen LogP contribution in [0, 0.1) is 0 Å². The van der Waals surface area contributed by atoms with Gasteiger partial charge in [-0.3, -0.25) is 10.1 Å². The highest BCUT2D eigenvalue weighted by molar-refractivity contribution is 5.89. The van der Waals surface area contributed by atoms with Crippen LogP contribution < -0.4 is 10.6 Å². The molecule has 7 nitrogen and oxygen atoms in total. The van der Waals surface area contributed by atoms with Crippen LogP contribution in [0.15, 0.2) is 12.4 Å². The largest absolute Gasteiger partial charge is 0.444 e. The minimum absolute atomic E-state index is 0.253. The summed E-state index contributed by atoms with van der Waals surface area (Å²) in [7, 11) is 0. The maximum Gasteiger partial charge on any atom is 0.413 e. The molecule has 0 aliphatic rings. The Kier molecular flexibility index (Phi) is 4.19. The summed E-state index contributed by atoms with van der Waals surface area (Å²) in [4.78, 5) is 30.0. The van der Waals surface area contributed by atoms with Crippen LogP contribution >= 0.6 is 0 Å². The average molecular weight is 252 g/mol. The van der Waals surface area contributed by atoms with E-state index < -0.39 is 11.7 Å². The summed E-state index contributed by atoms with van der Waals surface area (Å²) in [6.07, 6.45) is 0.618. The minimum atomic E-state index is -0.616. The maximum atomic E-state index is 11.5. The third-order valence-electron chi connectivity index (χ3n) is 1.60. The molecule has 0 fully saturated rings. The molecule has 98 valence electrons. The van der Waals surface area contributed by atoms with Crippen molar-refractivity contribution in [1.29, 1.82) is 0 Å². The molecule has 0 spiro atoms. The van der Waals surface area contributed by atoms with E-state index in [-0.39, 0.29) is 11.7 Å². The normalized spacial score (nSPS) is 10.7. The Morgan fingerprint density at radius 3 is 2.22 bits per heavy atom. The lowest BCUT2D eigenvalue weighted by molar-refractivity contribution is -0.114. The Morgan fingerprint density at radius 2 is 1.72 bits per heavy atom. The molecule has 0 aliphatic heterocycles. The quantitative estimate of drug-likeness (QED) is 0.836. The molecule has 0 saturated heterocycles.